The zero-order valence-electron chi connectivity index (χ0n) is 18.9. The van der Waals surface area contributed by atoms with Gasteiger partial charge in [-0.15, -0.1) is 24.0 Å². The molecule has 3 N–H and O–H groups in total. The number of hydrogen-bond donors (Lipinski definition) is 3. The molecule has 0 spiro atoms. The Morgan fingerprint density at radius 2 is 1.81 bits per heavy atom. The minimum atomic E-state index is 0. The van der Waals surface area contributed by atoms with E-state index in [1.165, 1.54) is 0 Å². The topological polar surface area (TPSA) is 84.0 Å². The van der Waals surface area contributed by atoms with Gasteiger partial charge in [-0.05, 0) is 54.7 Å². The summed E-state index contributed by atoms with van der Waals surface area (Å²) >= 11 is 0. The van der Waals surface area contributed by atoms with Gasteiger partial charge in [0, 0.05) is 31.7 Å². The van der Waals surface area contributed by atoms with Gasteiger partial charge in [-0.25, -0.2) is 0 Å². The Kier molecular flexibility index (Phi) is 10.6. The van der Waals surface area contributed by atoms with Crippen LogP contribution in [0.25, 0.3) is 0 Å². The van der Waals surface area contributed by atoms with Crippen LogP contribution in [0, 0.1) is 5.92 Å². The van der Waals surface area contributed by atoms with Crippen molar-refractivity contribution in [2.75, 3.05) is 33.1 Å². The summed E-state index contributed by atoms with van der Waals surface area (Å²) in [5.74, 6) is 2.48. The first-order valence-corrected chi connectivity index (χ1v) is 10.7. The minimum absolute atomic E-state index is 0. The molecule has 1 saturated carbocycles. The zero-order chi connectivity index (χ0) is 22.1. The van der Waals surface area contributed by atoms with E-state index in [-0.39, 0.29) is 35.8 Å². The maximum absolute atomic E-state index is 12.2. The molecule has 2 aromatic rings. The van der Waals surface area contributed by atoms with Crippen molar-refractivity contribution in [1.29, 1.82) is 0 Å². The molecule has 0 atom stereocenters. The number of nitrogens with zero attached hydrogens (tertiary/aromatic N) is 1. The molecule has 0 aromatic heterocycles. The Morgan fingerprint density at radius 3 is 2.47 bits per heavy atom. The Balaban J connectivity index is 0.00000363. The monoisotopic (exact) mass is 552 g/mol. The molecule has 0 saturated heterocycles. The van der Waals surface area contributed by atoms with Gasteiger partial charge in [-0.3, -0.25) is 9.79 Å². The van der Waals surface area contributed by atoms with Gasteiger partial charge >= 0.3 is 0 Å². The second kappa shape index (κ2) is 13.1. The number of hydrogen-bond acceptors (Lipinski definition) is 4. The number of anilines is 1. The van der Waals surface area contributed by atoms with Crippen molar-refractivity contribution < 1.29 is 14.3 Å². The van der Waals surface area contributed by atoms with Crippen LogP contribution in [0.4, 0.5) is 5.69 Å². The van der Waals surface area contributed by atoms with Crippen LogP contribution in [-0.2, 0) is 17.8 Å². The molecule has 32 heavy (non-hydrogen) atoms. The number of carbonyl (C=O) groups excluding carboxylic acids is 1. The van der Waals surface area contributed by atoms with Crippen LogP contribution >= 0.6 is 24.0 Å². The van der Waals surface area contributed by atoms with Gasteiger partial charge in [0.2, 0.25) is 5.91 Å². The van der Waals surface area contributed by atoms with Gasteiger partial charge in [0.15, 0.2) is 17.5 Å². The first-order chi connectivity index (χ1) is 15.1. The second-order valence-electron chi connectivity index (χ2n) is 7.61. The van der Waals surface area contributed by atoms with E-state index in [1.807, 2.05) is 42.5 Å². The number of benzene rings is 2. The van der Waals surface area contributed by atoms with Gasteiger partial charge in [0.25, 0.3) is 0 Å². The fraction of sp³-hybridized carbons (Fsp3) is 0.417. The molecule has 8 heteroatoms. The summed E-state index contributed by atoms with van der Waals surface area (Å²) in [6.07, 6.45) is 3.97. The number of guanidine groups is 1. The van der Waals surface area contributed by atoms with Crippen LogP contribution in [-0.4, -0.2) is 39.7 Å². The average Bonchev–Trinajstić information content (AvgIpc) is 2.74. The summed E-state index contributed by atoms with van der Waals surface area (Å²) < 4.78 is 10.6. The molecule has 1 amide bonds. The van der Waals surface area contributed by atoms with Gasteiger partial charge in [-0.2, -0.15) is 0 Å². The number of nitrogens with one attached hydrogen (secondary N) is 3. The van der Waals surface area contributed by atoms with E-state index in [1.54, 1.807) is 21.3 Å². The largest absolute Gasteiger partial charge is 0.493 e. The Hall–Kier alpha value is -2.49. The molecule has 174 valence electrons. The van der Waals surface area contributed by atoms with Crippen molar-refractivity contribution in [3.8, 4) is 11.5 Å². The van der Waals surface area contributed by atoms with Crippen LogP contribution < -0.4 is 25.4 Å². The van der Waals surface area contributed by atoms with Gasteiger partial charge in [0.05, 0.1) is 14.2 Å². The highest BCUT2D eigenvalue weighted by molar-refractivity contribution is 14.0. The van der Waals surface area contributed by atoms with E-state index in [4.69, 9.17) is 9.47 Å². The summed E-state index contributed by atoms with van der Waals surface area (Å²) in [5, 5.41) is 9.67. The number of rotatable bonds is 9. The molecule has 2 aromatic carbocycles. The SMILES string of the molecule is CN=C(NCCc1ccc(OC)c(OC)c1)NCc1cccc(NC(=O)C2CCC2)c1.I. The molecule has 0 bridgehead atoms. The van der Waals surface area contributed by atoms with Crippen molar-refractivity contribution in [3.63, 3.8) is 0 Å². The lowest BCUT2D eigenvalue weighted by atomic mass is 9.85. The Bertz CT molecular complexity index is 916. The fourth-order valence-corrected chi connectivity index (χ4v) is 3.44. The summed E-state index contributed by atoms with van der Waals surface area (Å²) in [6.45, 7) is 1.34. The van der Waals surface area contributed by atoms with Crippen molar-refractivity contribution in [2.45, 2.75) is 32.2 Å². The third kappa shape index (κ3) is 7.29. The van der Waals surface area contributed by atoms with E-state index < -0.39 is 0 Å². The molecule has 0 radical (unpaired) electrons. The molecule has 1 aliphatic carbocycles. The standard InChI is InChI=1S/C24H32N4O3.HI/c1-25-24(26-13-12-17-10-11-21(30-2)22(15-17)31-3)27-16-18-6-4-9-20(14-18)28-23(29)19-7-5-8-19;/h4,6,9-11,14-15,19H,5,7-8,12-13,16H2,1-3H3,(H,28,29)(H2,25,26,27);1H. The lowest BCUT2D eigenvalue weighted by molar-refractivity contribution is -0.122. The van der Waals surface area contributed by atoms with E-state index >= 15 is 0 Å². The number of halogens is 1. The number of methoxy groups -OCH3 is 2. The number of amides is 1. The Morgan fingerprint density at radius 1 is 1.03 bits per heavy atom. The van der Waals surface area contributed by atoms with Crippen molar-refractivity contribution in [2.24, 2.45) is 10.9 Å². The van der Waals surface area contributed by atoms with Gasteiger partial charge in [-0.1, -0.05) is 24.6 Å². The lowest BCUT2D eigenvalue weighted by Gasteiger charge is -2.24. The average molecular weight is 552 g/mol. The van der Waals surface area contributed by atoms with Crippen LogP contribution in [0.2, 0.25) is 0 Å². The van der Waals surface area contributed by atoms with Crippen molar-refractivity contribution in [3.05, 3.63) is 53.6 Å². The van der Waals surface area contributed by atoms with Crippen molar-refractivity contribution in [1.82, 2.24) is 10.6 Å². The van der Waals surface area contributed by atoms with E-state index in [2.05, 4.69) is 20.9 Å². The van der Waals surface area contributed by atoms with E-state index in [0.29, 0.717) is 6.54 Å². The molecular formula is C24H33IN4O3. The number of ether oxygens (including phenoxy) is 2. The lowest BCUT2D eigenvalue weighted by Crippen LogP contribution is -2.37. The highest BCUT2D eigenvalue weighted by Gasteiger charge is 2.25. The highest BCUT2D eigenvalue weighted by atomic mass is 127. The molecular weight excluding hydrogens is 519 g/mol. The van der Waals surface area contributed by atoms with E-state index in [0.717, 1.165) is 66.5 Å². The number of carbonyl (C=O) groups is 1. The summed E-state index contributed by atoms with van der Waals surface area (Å²) in [6, 6.07) is 13.8. The van der Waals surface area contributed by atoms with Crippen LogP contribution in [0.5, 0.6) is 11.5 Å². The first kappa shape index (κ1) is 25.8. The summed E-state index contributed by atoms with van der Waals surface area (Å²) in [4.78, 5) is 16.4. The van der Waals surface area contributed by atoms with Crippen molar-refractivity contribution >= 4 is 41.5 Å². The predicted molar refractivity (Wildman–Crippen MR) is 139 cm³/mol. The molecule has 0 aliphatic heterocycles. The molecule has 0 heterocycles. The molecule has 1 aliphatic rings. The normalized spacial score (nSPS) is 13.4. The maximum atomic E-state index is 12.2. The van der Waals surface area contributed by atoms with E-state index in [9.17, 15) is 4.79 Å². The van der Waals surface area contributed by atoms with Crippen LogP contribution in [0.15, 0.2) is 47.5 Å². The predicted octanol–water partition coefficient (Wildman–Crippen LogP) is 3.97. The van der Waals surface area contributed by atoms with Gasteiger partial charge in [0.1, 0.15) is 0 Å². The minimum Gasteiger partial charge on any atom is -0.493 e. The van der Waals surface area contributed by atoms with Gasteiger partial charge < -0.3 is 25.4 Å². The quantitative estimate of drug-likeness (QED) is 0.249. The zero-order valence-corrected chi connectivity index (χ0v) is 21.3. The van der Waals surface area contributed by atoms with Crippen LogP contribution in [0.1, 0.15) is 30.4 Å². The molecule has 0 unspecified atom stereocenters. The first-order valence-electron chi connectivity index (χ1n) is 10.7. The molecule has 7 nitrogen and oxygen atoms in total. The third-order valence-corrected chi connectivity index (χ3v) is 5.51. The maximum Gasteiger partial charge on any atom is 0.227 e. The third-order valence-electron chi connectivity index (χ3n) is 5.51. The molecule has 3 rings (SSSR count). The highest BCUT2D eigenvalue weighted by Crippen LogP contribution is 2.28. The summed E-state index contributed by atoms with van der Waals surface area (Å²) in [5.41, 5.74) is 3.07. The number of aliphatic imine (C=N–C) groups is 1. The van der Waals surface area contributed by atoms with Crippen LogP contribution in [0.3, 0.4) is 0 Å². The molecule has 1 fully saturated rings. The smallest absolute Gasteiger partial charge is 0.227 e. The summed E-state index contributed by atoms with van der Waals surface area (Å²) in [7, 11) is 5.02. The second-order valence-corrected chi connectivity index (χ2v) is 7.61. The fourth-order valence-electron chi connectivity index (χ4n) is 3.44. The Labute approximate surface area is 207 Å².